The van der Waals surface area contributed by atoms with Crippen LogP contribution >= 0.6 is 11.3 Å². The van der Waals surface area contributed by atoms with Crippen LogP contribution in [0, 0.1) is 10.1 Å². The van der Waals surface area contributed by atoms with Gasteiger partial charge >= 0.3 is 5.00 Å². The summed E-state index contributed by atoms with van der Waals surface area (Å²) < 4.78 is 0. The zero-order valence-corrected chi connectivity index (χ0v) is 11.7. The minimum absolute atomic E-state index is 0.210. The molecule has 0 saturated carbocycles. The number of nitrogens with zero attached hydrogens (tertiary/aromatic N) is 2. The van der Waals surface area contributed by atoms with Gasteiger partial charge in [-0.1, -0.05) is 23.5 Å². The molecule has 2 heterocycles. The average Bonchev–Trinajstić information content (AvgIpc) is 2.88. The van der Waals surface area contributed by atoms with Gasteiger partial charge in [0.1, 0.15) is 0 Å². The van der Waals surface area contributed by atoms with Gasteiger partial charge in [-0.25, -0.2) is 0 Å². The molecule has 0 aliphatic carbocycles. The summed E-state index contributed by atoms with van der Waals surface area (Å²) in [6.07, 6.45) is 0.939. The number of nitrogen functional groups attached to an aromatic ring is 1. The molecular weight excluding hydrogens is 274 g/mol. The fourth-order valence-electron chi connectivity index (χ4n) is 2.63. The summed E-state index contributed by atoms with van der Waals surface area (Å²) in [5.74, 6) is 0. The summed E-state index contributed by atoms with van der Waals surface area (Å²) in [5, 5.41) is 12.8. The number of nitro groups is 1. The summed E-state index contributed by atoms with van der Waals surface area (Å²) in [4.78, 5) is 12.7. The fraction of sp³-hybridized carbons (Fsp3) is 0.286. The van der Waals surface area contributed by atoms with Crippen LogP contribution in [-0.2, 0) is 19.5 Å². The molecular formula is C14H15N3O2S. The van der Waals surface area contributed by atoms with Gasteiger partial charge in [0, 0.05) is 36.8 Å². The number of thiophene rings is 1. The molecule has 20 heavy (non-hydrogen) atoms. The number of hydrogen-bond acceptors (Lipinski definition) is 5. The highest BCUT2D eigenvalue weighted by atomic mass is 32.1. The van der Waals surface area contributed by atoms with Crippen molar-refractivity contribution in [2.75, 3.05) is 12.3 Å². The number of benzene rings is 1. The van der Waals surface area contributed by atoms with Crippen molar-refractivity contribution in [2.24, 2.45) is 0 Å². The minimum atomic E-state index is -0.333. The zero-order chi connectivity index (χ0) is 14.1. The third-order valence-electron chi connectivity index (χ3n) is 3.61. The SMILES string of the molecule is Nc1cccc2c1CCN(Cc1csc([N+](=O)[O-])c1)C2. The van der Waals surface area contributed by atoms with Crippen molar-refractivity contribution < 1.29 is 4.92 Å². The van der Waals surface area contributed by atoms with Gasteiger partial charge in [0.25, 0.3) is 0 Å². The zero-order valence-electron chi connectivity index (χ0n) is 10.9. The maximum Gasteiger partial charge on any atom is 0.324 e. The minimum Gasteiger partial charge on any atom is -0.398 e. The largest absolute Gasteiger partial charge is 0.398 e. The van der Waals surface area contributed by atoms with E-state index in [-0.39, 0.29) is 9.92 Å². The van der Waals surface area contributed by atoms with Gasteiger partial charge in [-0.2, -0.15) is 0 Å². The standard InChI is InChI=1S/C14H15N3O2S/c15-13-3-1-2-11-8-16(5-4-12(11)13)7-10-6-14(17(18)19)20-9-10/h1-3,6,9H,4-5,7-8,15H2. The molecule has 1 aromatic heterocycles. The highest BCUT2D eigenvalue weighted by Gasteiger charge is 2.19. The Balaban J connectivity index is 1.72. The number of hydrogen-bond donors (Lipinski definition) is 1. The second kappa shape index (κ2) is 5.22. The summed E-state index contributed by atoms with van der Waals surface area (Å²) in [7, 11) is 0. The quantitative estimate of drug-likeness (QED) is 0.536. The van der Waals surface area contributed by atoms with E-state index < -0.39 is 0 Å². The molecule has 104 valence electrons. The van der Waals surface area contributed by atoms with Crippen molar-refractivity contribution >= 4 is 22.0 Å². The van der Waals surface area contributed by atoms with E-state index >= 15 is 0 Å². The molecule has 2 N–H and O–H groups in total. The lowest BCUT2D eigenvalue weighted by atomic mass is 9.98. The Morgan fingerprint density at radius 1 is 1.45 bits per heavy atom. The third kappa shape index (κ3) is 2.52. The van der Waals surface area contributed by atoms with Gasteiger partial charge in [0.2, 0.25) is 0 Å². The summed E-state index contributed by atoms with van der Waals surface area (Å²) in [6.45, 7) is 2.54. The van der Waals surface area contributed by atoms with Crippen LogP contribution in [0.25, 0.3) is 0 Å². The second-order valence-corrected chi connectivity index (χ2v) is 5.89. The van der Waals surface area contributed by atoms with Gasteiger partial charge < -0.3 is 5.73 Å². The molecule has 0 amide bonds. The molecule has 1 aliphatic rings. The summed E-state index contributed by atoms with van der Waals surface area (Å²) in [6, 6.07) is 7.69. The van der Waals surface area contributed by atoms with Crippen molar-refractivity contribution in [3.05, 3.63) is 56.5 Å². The van der Waals surface area contributed by atoms with E-state index in [0.717, 1.165) is 37.3 Å². The van der Waals surface area contributed by atoms with E-state index in [2.05, 4.69) is 11.0 Å². The Bertz CT molecular complexity index is 654. The van der Waals surface area contributed by atoms with Gasteiger partial charge in [0.05, 0.1) is 4.92 Å². The van der Waals surface area contributed by atoms with Crippen molar-refractivity contribution in [1.82, 2.24) is 4.90 Å². The lowest BCUT2D eigenvalue weighted by molar-refractivity contribution is -0.380. The molecule has 0 unspecified atom stereocenters. The molecule has 1 aliphatic heterocycles. The van der Waals surface area contributed by atoms with Crippen LogP contribution in [0.4, 0.5) is 10.7 Å². The van der Waals surface area contributed by atoms with E-state index in [1.54, 1.807) is 6.07 Å². The first-order valence-electron chi connectivity index (χ1n) is 6.44. The molecule has 3 rings (SSSR count). The van der Waals surface area contributed by atoms with Crippen LogP contribution < -0.4 is 5.73 Å². The predicted octanol–water partition coefficient (Wildman–Crippen LogP) is 2.80. The number of fused-ring (bicyclic) bond motifs is 1. The van der Waals surface area contributed by atoms with E-state index in [1.165, 1.54) is 22.5 Å². The highest BCUT2D eigenvalue weighted by molar-refractivity contribution is 7.13. The molecule has 5 nitrogen and oxygen atoms in total. The second-order valence-electron chi connectivity index (χ2n) is 5.00. The maximum absolute atomic E-state index is 10.7. The van der Waals surface area contributed by atoms with E-state index in [0.29, 0.717) is 0 Å². The van der Waals surface area contributed by atoms with Gasteiger partial charge in [-0.15, -0.1) is 0 Å². The van der Waals surface area contributed by atoms with Crippen molar-refractivity contribution in [3.8, 4) is 0 Å². The van der Waals surface area contributed by atoms with E-state index in [4.69, 9.17) is 5.73 Å². The fourth-order valence-corrected chi connectivity index (χ4v) is 3.35. The van der Waals surface area contributed by atoms with Crippen LogP contribution in [0.3, 0.4) is 0 Å². The normalized spacial score (nSPS) is 15.0. The maximum atomic E-state index is 10.7. The lowest BCUT2D eigenvalue weighted by Crippen LogP contribution is -2.30. The van der Waals surface area contributed by atoms with Crippen molar-refractivity contribution in [3.63, 3.8) is 0 Å². The molecule has 0 atom stereocenters. The van der Waals surface area contributed by atoms with Crippen LogP contribution in [-0.4, -0.2) is 16.4 Å². The predicted molar refractivity (Wildman–Crippen MR) is 79.6 cm³/mol. The molecule has 0 fully saturated rings. The Morgan fingerprint density at radius 2 is 2.30 bits per heavy atom. The van der Waals surface area contributed by atoms with Crippen LogP contribution in [0.5, 0.6) is 0 Å². The molecule has 0 radical (unpaired) electrons. The number of rotatable bonds is 3. The topological polar surface area (TPSA) is 72.4 Å². The van der Waals surface area contributed by atoms with Crippen molar-refractivity contribution in [1.29, 1.82) is 0 Å². The van der Waals surface area contributed by atoms with Crippen molar-refractivity contribution in [2.45, 2.75) is 19.5 Å². The van der Waals surface area contributed by atoms with E-state index in [9.17, 15) is 10.1 Å². The number of nitrogens with two attached hydrogens (primary N) is 1. The molecule has 2 aromatic rings. The Hall–Kier alpha value is -1.92. The Labute approximate surface area is 120 Å². The first-order chi connectivity index (χ1) is 9.63. The Morgan fingerprint density at radius 3 is 3.05 bits per heavy atom. The first kappa shape index (κ1) is 13.1. The monoisotopic (exact) mass is 289 g/mol. The summed E-state index contributed by atoms with van der Waals surface area (Å²) in [5.41, 5.74) is 10.4. The van der Waals surface area contributed by atoms with Crippen LogP contribution in [0.2, 0.25) is 0 Å². The molecule has 0 spiro atoms. The van der Waals surface area contributed by atoms with Gasteiger partial charge in [-0.3, -0.25) is 15.0 Å². The Kier molecular flexibility index (Phi) is 3.42. The van der Waals surface area contributed by atoms with E-state index in [1.807, 2.05) is 17.5 Å². The first-order valence-corrected chi connectivity index (χ1v) is 7.32. The van der Waals surface area contributed by atoms with Crippen LogP contribution in [0.15, 0.2) is 29.6 Å². The molecule has 1 aromatic carbocycles. The van der Waals surface area contributed by atoms with Crippen LogP contribution in [0.1, 0.15) is 16.7 Å². The smallest absolute Gasteiger partial charge is 0.324 e. The van der Waals surface area contributed by atoms with Gasteiger partial charge in [-0.05, 0) is 29.2 Å². The highest BCUT2D eigenvalue weighted by Crippen LogP contribution is 2.27. The molecule has 6 heteroatoms. The third-order valence-corrected chi connectivity index (χ3v) is 4.54. The molecule has 0 bridgehead atoms. The molecule has 0 saturated heterocycles. The number of anilines is 1. The average molecular weight is 289 g/mol. The summed E-state index contributed by atoms with van der Waals surface area (Å²) >= 11 is 1.19. The lowest BCUT2D eigenvalue weighted by Gasteiger charge is -2.29. The van der Waals surface area contributed by atoms with Gasteiger partial charge in [0.15, 0.2) is 0 Å².